The van der Waals surface area contributed by atoms with Gasteiger partial charge < -0.3 is 5.11 Å². The number of hydrogen-bond acceptors (Lipinski definition) is 4. The van der Waals surface area contributed by atoms with Crippen LogP contribution in [0, 0.1) is 5.92 Å². The molecule has 5 heteroatoms. The summed E-state index contributed by atoms with van der Waals surface area (Å²) in [6.07, 6.45) is 1.55. The standard InChI is InChI=1S/C15H17NO2S2/c17-15(18)11-5-7-16(8-6-11)10-12-3-4-14(20-12)13-2-1-9-19-13/h1-4,9,11H,5-8,10H2,(H,17,18). The number of aliphatic carboxylic acids is 1. The van der Waals surface area contributed by atoms with Crippen LogP contribution in [0.3, 0.4) is 0 Å². The molecular formula is C15H17NO2S2. The summed E-state index contributed by atoms with van der Waals surface area (Å²) in [7, 11) is 0. The first kappa shape index (κ1) is 13.8. The van der Waals surface area contributed by atoms with Crippen LogP contribution in [-0.2, 0) is 11.3 Å². The van der Waals surface area contributed by atoms with E-state index in [0.29, 0.717) is 0 Å². The summed E-state index contributed by atoms with van der Waals surface area (Å²) in [5, 5.41) is 11.1. The molecule has 3 heterocycles. The average molecular weight is 307 g/mol. The highest BCUT2D eigenvalue weighted by atomic mass is 32.1. The molecule has 1 N–H and O–H groups in total. The molecule has 1 aliphatic heterocycles. The molecule has 0 spiro atoms. The Kier molecular flexibility index (Phi) is 4.19. The lowest BCUT2D eigenvalue weighted by molar-refractivity contribution is -0.143. The lowest BCUT2D eigenvalue weighted by atomic mass is 9.97. The molecular weight excluding hydrogens is 290 g/mol. The second kappa shape index (κ2) is 6.08. The van der Waals surface area contributed by atoms with Crippen molar-refractivity contribution in [3.63, 3.8) is 0 Å². The van der Waals surface area contributed by atoms with E-state index in [1.54, 1.807) is 11.3 Å². The van der Waals surface area contributed by atoms with Gasteiger partial charge in [0.25, 0.3) is 0 Å². The number of rotatable bonds is 4. The van der Waals surface area contributed by atoms with Gasteiger partial charge in [0.1, 0.15) is 0 Å². The smallest absolute Gasteiger partial charge is 0.306 e. The topological polar surface area (TPSA) is 40.5 Å². The molecule has 0 radical (unpaired) electrons. The largest absolute Gasteiger partial charge is 0.481 e. The Bertz CT molecular complexity index is 568. The predicted octanol–water partition coefficient (Wildman–Crippen LogP) is 3.77. The van der Waals surface area contributed by atoms with Gasteiger partial charge in [-0.2, -0.15) is 0 Å². The van der Waals surface area contributed by atoms with Gasteiger partial charge in [0.2, 0.25) is 0 Å². The second-order valence-electron chi connectivity index (χ2n) is 5.13. The fraction of sp³-hybridized carbons (Fsp3) is 0.400. The predicted molar refractivity (Wildman–Crippen MR) is 83.3 cm³/mol. The van der Waals surface area contributed by atoms with E-state index in [4.69, 9.17) is 5.11 Å². The molecule has 0 unspecified atom stereocenters. The molecule has 3 rings (SSSR count). The quantitative estimate of drug-likeness (QED) is 0.934. The van der Waals surface area contributed by atoms with Crippen molar-refractivity contribution < 1.29 is 9.90 Å². The Labute approximate surface area is 126 Å². The van der Waals surface area contributed by atoms with Crippen molar-refractivity contribution in [2.75, 3.05) is 13.1 Å². The van der Waals surface area contributed by atoms with Crippen molar-refractivity contribution in [2.45, 2.75) is 19.4 Å². The summed E-state index contributed by atoms with van der Waals surface area (Å²) < 4.78 is 0. The second-order valence-corrected chi connectivity index (χ2v) is 7.25. The third-order valence-corrected chi connectivity index (χ3v) is 5.88. The van der Waals surface area contributed by atoms with E-state index in [1.807, 2.05) is 11.3 Å². The molecule has 3 nitrogen and oxygen atoms in total. The van der Waals surface area contributed by atoms with E-state index in [2.05, 4.69) is 34.5 Å². The first-order valence-corrected chi connectivity index (χ1v) is 8.50. The van der Waals surface area contributed by atoms with Crippen molar-refractivity contribution in [3.05, 3.63) is 34.5 Å². The van der Waals surface area contributed by atoms with Gasteiger partial charge in [0, 0.05) is 21.2 Å². The summed E-state index contributed by atoms with van der Waals surface area (Å²) in [5.74, 6) is -0.781. The van der Waals surface area contributed by atoms with Gasteiger partial charge in [-0.05, 0) is 49.5 Å². The van der Waals surface area contributed by atoms with Crippen LogP contribution < -0.4 is 0 Å². The molecule has 0 amide bonds. The van der Waals surface area contributed by atoms with Crippen LogP contribution in [0.15, 0.2) is 29.6 Å². The molecule has 1 fully saturated rings. The molecule has 0 aliphatic carbocycles. The van der Waals surface area contributed by atoms with Crippen LogP contribution in [-0.4, -0.2) is 29.1 Å². The summed E-state index contributed by atoms with van der Waals surface area (Å²) in [5.41, 5.74) is 0. The SMILES string of the molecule is O=C(O)C1CCN(Cc2ccc(-c3cccs3)s2)CC1. The highest BCUT2D eigenvalue weighted by molar-refractivity contribution is 7.21. The maximum Gasteiger partial charge on any atom is 0.306 e. The molecule has 0 saturated carbocycles. The van der Waals surface area contributed by atoms with Crippen LogP contribution in [0.25, 0.3) is 9.75 Å². The molecule has 0 bridgehead atoms. The van der Waals surface area contributed by atoms with Gasteiger partial charge in [-0.3, -0.25) is 9.69 Å². The fourth-order valence-electron chi connectivity index (χ4n) is 2.57. The van der Waals surface area contributed by atoms with Crippen LogP contribution >= 0.6 is 22.7 Å². The minimum atomic E-state index is -0.638. The lowest BCUT2D eigenvalue weighted by Crippen LogP contribution is -2.35. The van der Waals surface area contributed by atoms with E-state index < -0.39 is 5.97 Å². The third-order valence-electron chi connectivity index (χ3n) is 3.74. The first-order chi connectivity index (χ1) is 9.72. The minimum Gasteiger partial charge on any atom is -0.481 e. The van der Waals surface area contributed by atoms with E-state index >= 15 is 0 Å². The minimum absolute atomic E-state index is 0.142. The van der Waals surface area contributed by atoms with E-state index in [1.165, 1.54) is 14.6 Å². The third kappa shape index (κ3) is 3.11. The van der Waals surface area contributed by atoms with Crippen molar-refractivity contribution >= 4 is 28.6 Å². The maximum absolute atomic E-state index is 10.9. The number of piperidine rings is 1. The monoisotopic (exact) mass is 307 g/mol. The van der Waals surface area contributed by atoms with Crippen molar-refractivity contribution in [1.82, 2.24) is 4.90 Å². The molecule has 0 atom stereocenters. The van der Waals surface area contributed by atoms with Crippen molar-refractivity contribution in [2.24, 2.45) is 5.92 Å². The van der Waals surface area contributed by atoms with Gasteiger partial charge in [-0.1, -0.05) is 6.07 Å². The highest BCUT2D eigenvalue weighted by Crippen LogP contribution is 2.32. The molecule has 2 aromatic heterocycles. The Hall–Kier alpha value is -1.17. The fourth-order valence-corrected chi connectivity index (χ4v) is 4.46. The summed E-state index contributed by atoms with van der Waals surface area (Å²) in [4.78, 5) is 17.3. The average Bonchev–Trinajstić information content (AvgIpc) is 3.09. The van der Waals surface area contributed by atoms with Crippen molar-refractivity contribution in [3.8, 4) is 9.75 Å². The number of hydrogen-bond donors (Lipinski definition) is 1. The summed E-state index contributed by atoms with van der Waals surface area (Å²) in [6, 6.07) is 8.62. The normalized spacial score (nSPS) is 17.4. The molecule has 1 saturated heterocycles. The van der Waals surface area contributed by atoms with E-state index in [0.717, 1.165) is 32.5 Å². The van der Waals surface area contributed by atoms with Gasteiger partial charge in [-0.25, -0.2) is 0 Å². The van der Waals surface area contributed by atoms with E-state index in [9.17, 15) is 4.79 Å². The lowest BCUT2D eigenvalue weighted by Gasteiger charge is -2.29. The van der Waals surface area contributed by atoms with Crippen LogP contribution in [0.1, 0.15) is 17.7 Å². The Morgan fingerprint density at radius 3 is 2.70 bits per heavy atom. The van der Waals surface area contributed by atoms with Gasteiger partial charge >= 0.3 is 5.97 Å². The van der Waals surface area contributed by atoms with Gasteiger partial charge in [0.15, 0.2) is 0 Å². The van der Waals surface area contributed by atoms with Crippen molar-refractivity contribution in [1.29, 1.82) is 0 Å². The molecule has 1 aliphatic rings. The summed E-state index contributed by atoms with van der Waals surface area (Å²) >= 11 is 3.61. The van der Waals surface area contributed by atoms with Crippen LogP contribution in [0.4, 0.5) is 0 Å². The zero-order valence-electron chi connectivity index (χ0n) is 11.1. The number of nitrogens with zero attached hydrogens (tertiary/aromatic N) is 1. The number of likely N-dealkylation sites (tertiary alicyclic amines) is 1. The Balaban J connectivity index is 1.58. The molecule has 106 valence electrons. The molecule has 20 heavy (non-hydrogen) atoms. The molecule has 2 aromatic rings. The van der Waals surface area contributed by atoms with Crippen LogP contribution in [0.2, 0.25) is 0 Å². The number of carbonyl (C=O) groups is 1. The Morgan fingerprint density at radius 2 is 2.05 bits per heavy atom. The van der Waals surface area contributed by atoms with Gasteiger partial charge in [-0.15, -0.1) is 22.7 Å². The number of carboxylic acid groups (broad SMARTS) is 1. The Morgan fingerprint density at radius 1 is 1.25 bits per heavy atom. The number of carboxylic acids is 1. The van der Waals surface area contributed by atoms with Gasteiger partial charge in [0.05, 0.1) is 5.92 Å². The van der Waals surface area contributed by atoms with E-state index in [-0.39, 0.29) is 5.92 Å². The highest BCUT2D eigenvalue weighted by Gasteiger charge is 2.24. The maximum atomic E-state index is 10.9. The number of thiophene rings is 2. The van der Waals surface area contributed by atoms with Crippen LogP contribution in [0.5, 0.6) is 0 Å². The summed E-state index contributed by atoms with van der Waals surface area (Å²) in [6.45, 7) is 2.73. The zero-order chi connectivity index (χ0) is 13.9. The first-order valence-electron chi connectivity index (χ1n) is 6.80. The zero-order valence-corrected chi connectivity index (χ0v) is 12.8. The molecule has 0 aromatic carbocycles.